The average Bonchev–Trinajstić information content (AvgIpc) is 2.54. The summed E-state index contributed by atoms with van der Waals surface area (Å²) in [5.74, 6) is -3.23. The van der Waals surface area contributed by atoms with Crippen LogP contribution < -0.4 is 5.32 Å². The van der Waals surface area contributed by atoms with Crippen LogP contribution in [-0.2, 0) is 4.79 Å². The molecule has 1 aliphatic carbocycles. The number of hydrogen-bond acceptors (Lipinski definition) is 2. The molecule has 0 aromatic heterocycles. The van der Waals surface area contributed by atoms with Crippen LogP contribution in [0.25, 0.3) is 0 Å². The zero-order valence-electron chi connectivity index (χ0n) is 8.84. The number of fused-ring (bicyclic) bond motifs is 1. The van der Waals surface area contributed by atoms with E-state index in [-0.39, 0.29) is 17.5 Å². The van der Waals surface area contributed by atoms with Gasteiger partial charge in [0.2, 0.25) is 0 Å². The zero-order chi connectivity index (χ0) is 13.5. The number of halogens is 4. The molecule has 1 N–H and O–H groups in total. The molecule has 0 radical (unpaired) electrons. The van der Waals surface area contributed by atoms with Crippen molar-refractivity contribution in [1.82, 2.24) is 5.32 Å². The molecule has 1 amide bonds. The Labute approximate surface area is 98.8 Å². The fourth-order valence-electron chi connectivity index (χ4n) is 1.85. The monoisotopic (exact) mass is 261 g/mol. The Morgan fingerprint density at radius 2 is 2.00 bits per heavy atom. The van der Waals surface area contributed by atoms with Gasteiger partial charge in [0.1, 0.15) is 5.82 Å². The lowest BCUT2D eigenvalue weighted by Crippen LogP contribution is -2.38. The molecule has 1 unspecified atom stereocenters. The Morgan fingerprint density at radius 1 is 1.33 bits per heavy atom. The first-order valence-corrected chi connectivity index (χ1v) is 4.99. The van der Waals surface area contributed by atoms with Crippen LogP contribution in [-0.4, -0.2) is 17.9 Å². The van der Waals surface area contributed by atoms with Crippen LogP contribution in [0.2, 0.25) is 0 Å². The topological polar surface area (TPSA) is 46.2 Å². The van der Waals surface area contributed by atoms with Gasteiger partial charge in [-0.1, -0.05) is 0 Å². The van der Waals surface area contributed by atoms with Gasteiger partial charge in [-0.2, -0.15) is 13.2 Å². The molecule has 1 aliphatic rings. The normalized spacial score (nSPS) is 18.7. The molecular weight excluding hydrogens is 254 g/mol. The first-order chi connectivity index (χ1) is 8.29. The highest BCUT2D eigenvalue weighted by molar-refractivity contribution is 6.01. The van der Waals surface area contributed by atoms with Gasteiger partial charge in [0.25, 0.3) is 0 Å². The second-order valence-electron chi connectivity index (χ2n) is 3.88. The number of Topliss-reactive ketones (excluding diaryl/α,β-unsaturated/α-hetero) is 1. The number of carbonyl (C=O) groups is 2. The predicted octanol–water partition coefficient (Wildman–Crippen LogP) is 2.13. The van der Waals surface area contributed by atoms with Crippen LogP contribution in [0.1, 0.15) is 28.4 Å². The largest absolute Gasteiger partial charge is 0.471 e. The molecule has 1 aromatic carbocycles. The van der Waals surface area contributed by atoms with E-state index in [0.717, 1.165) is 12.1 Å². The third-order valence-electron chi connectivity index (χ3n) is 2.64. The van der Waals surface area contributed by atoms with E-state index >= 15 is 0 Å². The summed E-state index contributed by atoms with van der Waals surface area (Å²) in [7, 11) is 0. The maximum atomic E-state index is 13.0. The number of alkyl halides is 3. The molecule has 1 aromatic rings. The van der Waals surface area contributed by atoms with Crippen molar-refractivity contribution in [1.29, 1.82) is 0 Å². The van der Waals surface area contributed by atoms with Crippen LogP contribution in [0.15, 0.2) is 18.2 Å². The summed E-state index contributed by atoms with van der Waals surface area (Å²) >= 11 is 0. The third kappa shape index (κ3) is 2.20. The van der Waals surface area contributed by atoms with Gasteiger partial charge in [0.05, 0.1) is 6.04 Å². The van der Waals surface area contributed by atoms with Crippen LogP contribution in [0, 0.1) is 5.82 Å². The summed E-state index contributed by atoms with van der Waals surface area (Å²) in [6.45, 7) is 0. The third-order valence-corrected chi connectivity index (χ3v) is 2.64. The van der Waals surface area contributed by atoms with Gasteiger partial charge in [0.15, 0.2) is 5.78 Å². The molecule has 0 saturated heterocycles. The number of carbonyl (C=O) groups excluding carboxylic acids is 2. The maximum absolute atomic E-state index is 13.0. The van der Waals surface area contributed by atoms with Crippen molar-refractivity contribution in [2.24, 2.45) is 0 Å². The van der Waals surface area contributed by atoms with Gasteiger partial charge in [-0.05, 0) is 23.8 Å². The summed E-state index contributed by atoms with van der Waals surface area (Å²) in [5.41, 5.74) is 0.224. The summed E-state index contributed by atoms with van der Waals surface area (Å²) in [5, 5.41) is 1.68. The lowest BCUT2D eigenvalue weighted by Gasteiger charge is -2.14. The first kappa shape index (κ1) is 12.5. The maximum Gasteiger partial charge on any atom is 0.471 e. The molecule has 1 atom stereocenters. The standard InChI is InChI=1S/C11H7F4NO2/c12-5-1-2-6-7(3-5)8(4-9(6)17)16-10(18)11(13,14)15/h1-3,8H,4H2,(H,16,18). The van der Waals surface area contributed by atoms with E-state index in [4.69, 9.17) is 0 Å². The van der Waals surface area contributed by atoms with Crippen LogP contribution in [0.4, 0.5) is 17.6 Å². The minimum Gasteiger partial charge on any atom is -0.341 e. The highest BCUT2D eigenvalue weighted by Gasteiger charge is 2.42. The Hall–Kier alpha value is -1.92. The van der Waals surface area contributed by atoms with Crippen molar-refractivity contribution >= 4 is 11.7 Å². The van der Waals surface area contributed by atoms with Crippen molar-refractivity contribution in [2.75, 3.05) is 0 Å². The Balaban J connectivity index is 2.27. The van der Waals surface area contributed by atoms with Gasteiger partial charge < -0.3 is 5.32 Å². The summed E-state index contributed by atoms with van der Waals surface area (Å²) in [6, 6.07) is 2.08. The van der Waals surface area contributed by atoms with E-state index in [0.29, 0.717) is 0 Å². The average molecular weight is 261 g/mol. The molecule has 0 heterocycles. The van der Waals surface area contributed by atoms with E-state index in [1.807, 2.05) is 0 Å². The predicted molar refractivity (Wildman–Crippen MR) is 52.3 cm³/mol. The molecule has 18 heavy (non-hydrogen) atoms. The SMILES string of the molecule is O=C1CC(NC(=O)C(F)(F)F)c2cc(F)ccc21. The highest BCUT2D eigenvalue weighted by atomic mass is 19.4. The molecule has 0 aliphatic heterocycles. The van der Waals surface area contributed by atoms with E-state index in [2.05, 4.69) is 0 Å². The molecule has 2 rings (SSSR count). The van der Waals surface area contributed by atoms with Crippen molar-refractivity contribution < 1.29 is 27.2 Å². The number of ketones is 1. The zero-order valence-corrected chi connectivity index (χ0v) is 8.84. The number of amides is 1. The van der Waals surface area contributed by atoms with E-state index in [1.54, 1.807) is 5.32 Å². The fourth-order valence-corrected chi connectivity index (χ4v) is 1.85. The second-order valence-corrected chi connectivity index (χ2v) is 3.88. The summed E-state index contributed by atoms with van der Waals surface area (Å²) in [4.78, 5) is 22.2. The number of benzene rings is 1. The van der Waals surface area contributed by atoms with E-state index in [9.17, 15) is 27.2 Å². The number of hydrogen-bond donors (Lipinski definition) is 1. The number of rotatable bonds is 1. The quantitative estimate of drug-likeness (QED) is 0.787. The lowest BCUT2D eigenvalue weighted by atomic mass is 10.1. The lowest BCUT2D eigenvalue weighted by molar-refractivity contribution is -0.174. The minimum atomic E-state index is -5.03. The Kier molecular flexibility index (Phi) is 2.84. The Morgan fingerprint density at radius 3 is 2.61 bits per heavy atom. The molecule has 3 nitrogen and oxygen atoms in total. The van der Waals surface area contributed by atoms with Crippen molar-refractivity contribution in [3.63, 3.8) is 0 Å². The van der Waals surface area contributed by atoms with Crippen molar-refractivity contribution in [3.05, 3.63) is 35.1 Å². The molecule has 0 fully saturated rings. The molecule has 96 valence electrons. The fraction of sp³-hybridized carbons (Fsp3) is 0.273. The van der Waals surface area contributed by atoms with Gasteiger partial charge in [-0.3, -0.25) is 9.59 Å². The second kappa shape index (κ2) is 4.08. The van der Waals surface area contributed by atoms with Crippen LogP contribution >= 0.6 is 0 Å². The first-order valence-electron chi connectivity index (χ1n) is 4.99. The van der Waals surface area contributed by atoms with Gasteiger partial charge in [-0.25, -0.2) is 4.39 Å². The van der Waals surface area contributed by atoms with Gasteiger partial charge >= 0.3 is 12.1 Å². The number of nitrogens with one attached hydrogen (secondary N) is 1. The summed E-state index contributed by atoms with van der Waals surface area (Å²) < 4.78 is 49.2. The van der Waals surface area contributed by atoms with E-state index < -0.39 is 29.7 Å². The molecule has 7 heteroatoms. The van der Waals surface area contributed by atoms with Crippen LogP contribution in [0.5, 0.6) is 0 Å². The molecule has 0 bridgehead atoms. The molecular formula is C11H7F4NO2. The van der Waals surface area contributed by atoms with E-state index in [1.165, 1.54) is 6.07 Å². The molecule has 0 saturated carbocycles. The van der Waals surface area contributed by atoms with Crippen molar-refractivity contribution in [2.45, 2.75) is 18.6 Å². The smallest absolute Gasteiger partial charge is 0.341 e. The molecule has 0 spiro atoms. The highest BCUT2D eigenvalue weighted by Crippen LogP contribution is 2.32. The van der Waals surface area contributed by atoms with Crippen molar-refractivity contribution in [3.8, 4) is 0 Å². The Bertz CT molecular complexity index is 524. The van der Waals surface area contributed by atoms with Gasteiger partial charge in [-0.15, -0.1) is 0 Å². The van der Waals surface area contributed by atoms with Crippen LogP contribution in [0.3, 0.4) is 0 Å². The van der Waals surface area contributed by atoms with Gasteiger partial charge in [0, 0.05) is 12.0 Å². The summed E-state index contributed by atoms with van der Waals surface area (Å²) in [6.07, 6.45) is -5.32. The minimum absolute atomic E-state index is 0.0811.